The van der Waals surface area contributed by atoms with Crippen LogP contribution in [0.5, 0.6) is 0 Å². The smallest absolute Gasteiger partial charge is 0.251 e. The summed E-state index contributed by atoms with van der Waals surface area (Å²) in [6.07, 6.45) is 6.16. The van der Waals surface area contributed by atoms with Crippen molar-refractivity contribution in [2.45, 2.75) is 51.5 Å². The van der Waals surface area contributed by atoms with Crippen LogP contribution in [0.2, 0.25) is 0 Å². The Morgan fingerprint density at radius 1 is 1.23 bits per heavy atom. The highest BCUT2D eigenvalue weighted by Crippen LogP contribution is 2.17. The molecule has 2 N–H and O–H groups in total. The first-order valence-electron chi connectivity index (χ1n) is 7.90. The molecule has 5 heteroatoms. The first-order chi connectivity index (χ1) is 10.6. The molecule has 1 aliphatic carbocycles. The van der Waals surface area contributed by atoms with Gasteiger partial charge in [0.1, 0.15) is 0 Å². The third kappa shape index (κ3) is 5.13. The zero-order valence-corrected chi connectivity index (χ0v) is 14.5. The number of rotatable bonds is 5. The van der Waals surface area contributed by atoms with Gasteiger partial charge < -0.3 is 10.6 Å². The van der Waals surface area contributed by atoms with Gasteiger partial charge in [0.25, 0.3) is 5.91 Å². The zero-order valence-electron chi connectivity index (χ0n) is 13.0. The van der Waals surface area contributed by atoms with Gasteiger partial charge in [-0.3, -0.25) is 9.59 Å². The lowest BCUT2D eigenvalue weighted by atomic mass is 9.95. The summed E-state index contributed by atoms with van der Waals surface area (Å²) >= 11 is 3.38. The normalized spacial score (nSPS) is 15.4. The molecule has 2 rings (SSSR count). The van der Waals surface area contributed by atoms with Crippen molar-refractivity contribution in [1.82, 2.24) is 10.6 Å². The molecule has 1 saturated carbocycles. The van der Waals surface area contributed by atoms with E-state index in [1.807, 2.05) is 19.1 Å². The monoisotopic (exact) mass is 366 g/mol. The van der Waals surface area contributed by atoms with Crippen molar-refractivity contribution < 1.29 is 9.59 Å². The number of carbonyl (C=O) groups is 2. The Hall–Kier alpha value is -1.36. The van der Waals surface area contributed by atoms with Crippen molar-refractivity contribution >= 4 is 27.7 Å². The van der Waals surface area contributed by atoms with Gasteiger partial charge in [-0.05, 0) is 43.5 Å². The number of benzene rings is 1. The topological polar surface area (TPSA) is 58.2 Å². The van der Waals surface area contributed by atoms with Crippen LogP contribution in [0.15, 0.2) is 22.7 Å². The number of halogens is 1. The standard InChI is InChI=1S/C17H23BrN2O2/c1-12-11-13(18)7-8-15(12)17(22)19-10-9-16(21)20-14-5-3-2-4-6-14/h7-8,11,14H,2-6,9-10H2,1H3,(H,19,22)(H,20,21). The summed E-state index contributed by atoms with van der Waals surface area (Å²) in [6, 6.07) is 5.87. The predicted octanol–water partition coefficient (Wildman–Crippen LogP) is 3.33. The highest BCUT2D eigenvalue weighted by molar-refractivity contribution is 9.10. The number of aryl methyl sites for hydroxylation is 1. The molecule has 0 unspecified atom stereocenters. The summed E-state index contributed by atoms with van der Waals surface area (Å²) < 4.78 is 0.952. The molecule has 0 bridgehead atoms. The fourth-order valence-corrected chi connectivity index (χ4v) is 3.29. The van der Waals surface area contributed by atoms with Crippen molar-refractivity contribution in [3.63, 3.8) is 0 Å². The number of hydrogen-bond donors (Lipinski definition) is 2. The molecule has 0 radical (unpaired) electrons. The summed E-state index contributed by atoms with van der Waals surface area (Å²) in [6.45, 7) is 2.27. The lowest BCUT2D eigenvalue weighted by Gasteiger charge is -2.22. The van der Waals surface area contributed by atoms with Gasteiger partial charge in [-0.25, -0.2) is 0 Å². The maximum Gasteiger partial charge on any atom is 0.251 e. The molecule has 0 aromatic heterocycles. The van der Waals surface area contributed by atoms with Crippen molar-refractivity contribution in [2.24, 2.45) is 0 Å². The van der Waals surface area contributed by atoms with E-state index in [2.05, 4.69) is 26.6 Å². The van der Waals surface area contributed by atoms with Gasteiger partial charge in [0, 0.05) is 29.0 Å². The summed E-state index contributed by atoms with van der Waals surface area (Å²) in [5.41, 5.74) is 1.56. The van der Waals surface area contributed by atoms with E-state index in [1.54, 1.807) is 6.07 Å². The molecule has 1 aromatic rings. The first-order valence-corrected chi connectivity index (χ1v) is 8.69. The lowest BCUT2D eigenvalue weighted by Crippen LogP contribution is -2.38. The molecular weight excluding hydrogens is 344 g/mol. The fraction of sp³-hybridized carbons (Fsp3) is 0.529. The van der Waals surface area contributed by atoms with Gasteiger partial charge in [0.15, 0.2) is 0 Å². The third-order valence-electron chi connectivity index (χ3n) is 4.04. The Labute approximate surface area is 140 Å². The van der Waals surface area contributed by atoms with Crippen LogP contribution in [0.1, 0.15) is 54.4 Å². The molecule has 0 atom stereocenters. The van der Waals surface area contributed by atoms with Crippen LogP contribution < -0.4 is 10.6 Å². The van der Waals surface area contributed by atoms with E-state index < -0.39 is 0 Å². The molecule has 1 fully saturated rings. The molecular formula is C17H23BrN2O2. The molecule has 0 aliphatic heterocycles. The average molecular weight is 367 g/mol. The van der Waals surface area contributed by atoms with Gasteiger partial charge in [-0.2, -0.15) is 0 Å². The van der Waals surface area contributed by atoms with Crippen LogP contribution >= 0.6 is 15.9 Å². The van der Waals surface area contributed by atoms with Gasteiger partial charge in [0.2, 0.25) is 5.91 Å². The maximum absolute atomic E-state index is 12.1. The molecule has 120 valence electrons. The molecule has 4 nitrogen and oxygen atoms in total. The van der Waals surface area contributed by atoms with Gasteiger partial charge in [-0.15, -0.1) is 0 Å². The minimum absolute atomic E-state index is 0.0275. The van der Waals surface area contributed by atoms with Gasteiger partial charge in [-0.1, -0.05) is 35.2 Å². The Balaban J connectivity index is 1.73. The number of nitrogens with one attached hydrogen (secondary N) is 2. The fourth-order valence-electron chi connectivity index (χ4n) is 2.81. The van der Waals surface area contributed by atoms with Crippen LogP contribution in [0.4, 0.5) is 0 Å². The van der Waals surface area contributed by atoms with Crippen LogP contribution in [-0.4, -0.2) is 24.4 Å². The van der Waals surface area contributed by atoms with Crippen molar-refractivity contribution in [3.8, 4) is 0 Å². The minimum atomic E-state index is -0.129. The molecule has 0 heterocycles. The second-order valence-corrected chi connectivity index (χ2v) is 6.78. The van der Waals surface area contributed by atoms with Crippen LogP contribution in [0, 0.1) is 6.92 Å². The van der Waals surface area contributed by atoms with E-state index in [0.717, 1.165) is 22.9 Å². The quantitative estimate of drug-likeness (QED) is 0.839. The van der Waals surface area contributed by atoms with Crippen molar-refractivity contribution in [3.05, 3.63) is 33.8 Å². The van der Waals surface area contributed by atoms with E-state index in [1.165, 1.54) is 19.3 Å². The van der Waals surface area contributed by atoms with Gasteiger partial charge >= 0.3 is 0 Å². The summed E-state index contributed by atoms with van der Waals surface area (Å²) in [4.78, 5) is 24.0. The molecule has 2 amide bonds. The van der Waals surface area contributed by atoms with E-state index in [-0.39, 0.29) is 11.8 Å². The van der Waals surface area contributed by atoms with E-state index >= 15 is 0 Å². The third-order valence-corrected chi connectivity index (χ3v) is 4.53. The van der Waals surface area contributed by atoms with Crippen molar-refractivity contribution in [2.75, 3.05) is 6.54 Å². The van der Waals surface area contributed by atoms with E-state index in [4.69, 9.17) is 0 Å². The largest absolute Gasteiger partial charge is 0.353 e. The Morgan fingerprint density at radius 3 is 2.64 bits per heavy atom. The SMILES string of the molecule is Cc1cc(Br)ccc1C(=O)NCCC(=O)NC1CCCCC1. The highest BCUT2D eigenvalue weighted by Gasteiger charge is 2.15. The second-order valence-electron chi connectivity index (χ2n) is 5.87. The van der Waals surface area contributed by atoms with E-state index in [9.17, 15) is 9.59 Å². The van der Waals surface area contributed by atoms with Crippen LogP contribution in [0.3, 0.4) is 0 Å². The Bertz CT molecular complexity index is 539. The number of hydrogen-bond acceptors (Lipinski definition) is 2. The second kappa shape index (κ2) is 8.32. The molecule has 0 saturated heterocycles. The average Bonchev–Trinajstić information content (AvgIpc) is 2.48. The minimum Gasteiger partial charge on any atom is -0.353 e. The summed E-state index contributed by atoms with van der Waals surface area (Å²) in [5, 5.41) is 5.87. The van der Waals surface area contributed by atoms with Crippen LogP contribution in [-0.2, 0) is 4.79 Å². The Morgan fingerprint density at radius 2 is 1.95 bits per heavy atom. The highest BCUT2D eigenvalue weighted by atomic mass is 79.9. The summed E-state index contributed by atoms with van der Waals surface area (Å²) in [5.74, 6) is -0.102. The number of carbonyl (C=O) groups excluding carboxylic acids is 2. The molecule has 22 heavy (non-hydrogen) atoms. The Kier molecular flexibility index (Phi) is 6.43. The first kappa shape index (κ1) is 17.0. The van der Waals surface area contributed by atoms with Gasteiger partial charge in [0.05, 0.1) is 0 Å². The maximum atomic E-state index is 12.1. The van der Waals surface area contributed by atoms with E-state index in [0.29, 0.717) is 24.6 Å². The molecule has 1 aromatic carbocycles. The van der Waals surface area contributed by atoms with Crippen molar-refractivity contribution in [1.29, 1.82) is 0 Å². The molecule has 1 aliphatic rings. The predicted molar refractivity (Wildman–Crippen MR) is 90.8 cm³/mol. The number of amides is 2. The molecule has 0 spiro atoms. The zero-order chi connectivity index (χ0) is 15.9. The van der Waals surface area contributed by atoms with Crippen LogP contribution in [0.25, 0.3) is 0 Å². The summed E-state index contributed by atoms with van der Waals surface area (Å²) in [7, 11) is 0. The lowest BCUT2D eigenvalue weighted by molar-refractivity contribution is -0.121.